The molecule has 4 atom stereocenters. The van der Waals surface area contributed by atoms with Gasteiger partial charge in [-0.25, -0.2) is 4.90 Å². The third-order valence-electron chi connectivity index (χ3n) is 6.78. The van der Waals surface area contributed by atoms with Crippen LogP contribution in [0.15, 0.2) is 52.5 Å². The first kappa shape index (κ1) is 25.2. The zero-order valence-corrected chi connectivity index (χ0v) is 22.7. The third-order valence-corrected chi connectivity index (χ3v) is 11.0. The van der Waals surface area contributed by atoms with E-state index in [4.69, 9.17) is 69.6 Å². The van der Waals surface area contributed by atoms with Gasteiger partial charge in [-0.15, -0.1) is 23.2 Å². The molecule has 1 heterocycles. The molecule has 2 fully saturated rings. The Morgan fingerprint density at radius 2 is 1.34 bits per heavy atom. The minimum Gasteiger partial charge on any atom is -0.322 e. The van der Waals surface area contributed by atoms with Crippen LogP contribution in [0.1, 0.15) is 21.5 Å². The molecule has 182 valence electrons. The number of fused-ring (bicyclic) bond motifs is 5. The normalized spacial score (nSPS) is 30.8. The van der Waals surface area contributed by atoms with E-state index in [0.29, 0.717) is 5.69 Å². The number of anilines is 2. The molecule has 2 aliphatic carbocycles. The van der Waals surface area contributed by atoms with Gasteiger partial charge in [-0.3, -0.25) is 14.4 Å². The molecule has 5 nitrogen and oxygen atoms in total. The molecule has 5 rings (SSSR count). The van der Waals surface area contributed by atoms with Crippen LogP contribution in [0.3, 0.4) is 0 Å². The van der Waals surface area contributed by atoms with Crippen molar-refractivity contribution >= 4 is 98.7 Å². The molecule has 3 aliphatic rings. The predicted molar refractivity (Wildman–Crippen MR) is 140 cm³/mol. The predicted octanol–water partition coefficient (Wildman–Crippen LogP) is 6.51. The molecule has 0 spiro atoms. The number of amides is 3. The number of carbonyl (C=O) groups is 3. The highest BCUT2D eigenvalue weighted by Gasteiger charge is 2.87. The Hall–Kier alpha value is -1.47. The second kappa shape index (κ2) is 8.01. The van der Waals surface area contributed by atoms with Crippen LogP contribution in [0.5, 0.6) is 0 Å². The van der Waals surface area contributed by atoms with Crippen LogP contribution in [-0.4, -0.2) is 31.8 Å². The topological polar surface area (TPSA) is 66.5 Å². The van der Waals surface area contributed by atoms with E-state index >= 15 is 0 Å². The van der Waals surface area contributed by atoms with E-state index in [9.17, 15) is 14.4 Å². The molecule has 0 aromatic heterocycles. The van der Waals surface area contributed by atoms with Gasteiger partial charge < -0.3 is 5.32 Å². The van der Waals surface area contributed by atoms with Gasteiger partial charge in [0.2, 0.25) is 11.8 Å². The summed E-state index contributed by atoms with van der Waals surface area (Å²) in [5.74, 6) is -4.52. The second-order valence-corrected chi connectivity index (χ2v) is 12.2. The summed E-state index contributed by atoms with van der Waals surface area (Å²) in [6.07, 6.45) is 0. The first-order valence-corrected chi connectivity index (χ1v) is 12.7. The van der Waals surface area contributed by atoms with Crippen LogP contribution in [-0.2, 0) is 9.59 Å². The zero-order valence-electron chi connectivity index (χ0n) is 18.1. The zero-order chi connectivity index (χ0) is 25.7. The van der Waals surface area contributed by atoms with E-state index in [2.05, 4.69) is 5.32 Å². The highest BCUT2D eigenvalue weighted by molar-refractivity contribution is 6.67. The molecule has 2 aromatic carbocycles. The van der Waals surface area contributed by atoms with Gasteiger partial charge >= 0.3 is 0 Å². The number of para-hydroxylation sites is 1. The molecule has 0 unspecified atom stereocenters. The largest absolute Gasteiger partial charge is 0.322 e. The van der Waals surface area contributed by atoms with Gasteiger partial charge in [0, 0.05) is 5.69 Å². The quantitative estimate of drug-likeness (QED) is 0.326. The van der Waals surface area contributed by atoms with Gasteiger partial charge in [-0.1, -0.05) is 64.6 Å². The monoisotopic (exact) mass is 590 g/mol. The highest BCUT2D eigenvalue weighted by atomic mass is 35.5. The minimum atomic E-state index is -2.02. The summed E-state index contributed by atoms with van der Waals surface area (Å²) in [6.45, 7) is 3.82. The van der Waals surface area contributed by atoms with Crippen LogP contribution >= 0.6 is 69.6 Å². The molecular weight excluding hydrogens is 577 g/mol. The van der Waals surface area contributed by atoms with Crippen molar-refractivity contribution in [2.75, 3.05) is 10.2 Å². The fourth-order valence-electron chi connectivity index (χ4n) is 5.34. The van der Waals surface area contributed by atoms with Crippen molar-refractivity contribution in [1.29, 1.82) is 0 Å². The third kappa shape index (κ3) is 3.06. The summed E-state index contributed by atoms with van der Waals surface area (Å²) in [4.78, 5) is 37.7. The lowest BCUT2D eigenvalue weighted by Gasteiger charge is -2.34. The van der Waals surface area contributed by atoms with E-state index in [0.717, 1.165) is 16.0 Å². The SMILES string of the molecule is Cc1cc(C)cc(NC(=O)c2ccccc2N2C(=O)[C@@H]3[C@H](C2=O)[C@@]2(Cl)C(Cl)=C(Cl)[C@@]3(Cl)C2(Cl)Cl)c1. The average Bonchev–Trinajstić information content (AvgIpc) is 3.16. The fraction of sp³-hybridized carbons (Fsp3) is 0.292. The van der Waals surface area contributed by atoms with Crippen molar-refractivity contribution in [3.05, 3.63) is 69.2 Å². The number of imide groups is 1. The van der Waals surface area contributed by atoms with Crippen LogP contribution in [0.4, 0.5) is 11.4 Å². The number of hydrogen-bond acceptors (Lipinski definition) is 3. The molecule has 3 amide bonds. The summed E-state index contributed by atoms with van der Waals surface area (Å²) in [6, 6.07) is 11.8. The van der Waals surface area contributed by atoms with Crippen LogP contribution in [0.2, 0.25) is 0 Å². The Balaban J connectivity index is 1.56. The number of aryl methyl sites for hydroxylation is 2. The summed E-state index contributed by atoms with van der Waals surface area (Å²) in [7, 11) is 0. The van der Waals surface area contributed by atoms with Gasteiger partial charge in [0.15, 0.2) is 4.33 Å². The maximum atomic E-state index is 13.7. The molecule has 2 aromatic rings. The Morgan fingerprint density at radius 3 is 1.86 bits per heavy atom. The highest BCUT2D eigenvalue weighted by Crippen LogP contribution is 2.77. The van der Waals surface area contributed by atoms with E-state index in [-0.39, 0.29) is 21.3 Å². The Morgan fingerprint density at radius 1 is 0.857 bits per heavy atom. The van der Waals surface area contributed by atoms with Gasteiger partial charge in [0.25, 0.3) is 5.91 Å². The molecule has 0 radical (unpaired) electrons. The van der Waals surface area contributed by atoms with Crippen molar-refractivity contribution in [3.8, 4) is 0 Å². The Labute approximate surface area is 231 Å². The van der Waals surface area contributed by atoms with Crippen molar-refractivity contribution in [2.45, 2.75) is 27.9 Å². The summed E-state index contributed by atoms with van der Waals surface area (Å²) >= 11 is 39.3. The maximum absolute atomic E-state index is 13.7. The Kier molecular flexibility index (Phi) is 5.77. The van der Waals surface area contributed by atoms with Crippen molar-refractivity contribution in [1.82, 2.24) is 0 Å². The Bertz CT molecular complexity index is 1310. The van der Waals surface area contributed by atoms with Gasteiger partial charge in [-0.05, 0) is 49.2 Å². The van der Waals surface area contributed by atoms with E-state index in [1.54, 1.807) is 12.1 Å². The van der Waals surface area contributed by atoms with Crippen LogP contribution < -0.4 is 10.2 Å². The van der Waals surface area contributed by atoms with Gasteiger partial charge in [-0.2, -0.15) is 0 Å². The average molecular weight is 593 g/mol. The number of rotatable bonds is 3. The lowest BCUT2D eigenvalue weighted by Crippen LogP contribution is -2.50. The number of carbonyl (C=O) groups excluding carboxylic acids is 3. The molecule has 35 heavy (non-hydrogen) atoms. The molecule has 11 heteroatoms. The number of alkyl halides is 4. The molecule has 1 aliphatic heterocycles. The number of hydrogen-bond donors (Lipinski definition) is 1. The molecule has 1 saturated heterocycles. The first-order valence-electron chi connectivity index (χ1n) is 10.5. The molecular formula is C24H16Cl6N2O3. The molecule has 1 saturated carbocycles. The summed E-state index contributed by atoms with van der Waals surface area (Å²) in [5, 5.41) is 2.47. The second-order valence-electron chi connectivity index (χ2n) is 8.94. The number of benzene rings is 2. The lowest BCUT2D eigenvalue weighted by molar-refractivity contribution is -0.123. The van der Waals surface area contributed by atoms with Crippen molar-refractivity contribution < 1.29 is 14.4 Å². The van der Waals surface area contributed by atoms with E-state index in [1.165, 1.54) is 12.1 Å². The summed E-state index contributed by atoms with van der Waals surface area (Å²) < 4.78 is -2.02. The van der Waals surface area contributed by atoms with Crippen LogP contribution in [0.25, 0.3) is 0 Å². The lowest BCUT2D eigenvalue weighted by atomic mass is 9.84. The van der Waals surface area contributed by atoms with Gasteiger partial charge in [0.05, 0.1) is 33.2 Å². The summed E-state index contributed by atoms with van der Waals surface area (Å²) in [5.41, 5.74) is 2.68. The minimum absolute atomic E-state index is 0.0701. The smallest absolute Gasteiger partial charge is 0.257 e. The number of allylic oxidation sites excluding steroid dienone is 2. The van der Waals surface area contributed by atoms with Gasteiger partial charge in [0.1, 0.15) is 9.75 Å². The standard InChI is InChI=1S/C24H16Cl6N2O3/c1-10-7-11(2)9-12(8-10)31-19(33)13-5-3-4-6-14(13)32-20(34)15-16(21(32)35)23(28)18(26)17(25)22(15,27)24(23,29)30/h3-9,15-16H,1-2H3,(H,31,33)/t15-,16+,22-,23-/m1/s1. The first-order chi connectivity index (χ1) is 16.3. The van der Waals surface area contributed by atoms with Crippen molar-refractivity contribution in [3.63, 3.8) is 0 Å². The molecule has 2 bridgehead atoms. The fourth-order valence-corrected chi connectivity index (χ4v) is 8.27. The van der Waals surface area contributed by atoms with E-state index in [1.807, 2.05) is 32.0 Å². The van der Waals surface area contributed by atoms with E-state index < -0.39 is 43.6 Å². The number of nitrogens with zero attached hydrogens (tertiary/aromatic N) is 1. The van der Waals surface area contributed by atoms with Crippen LogP contribution in [0, 0.1) is 25.7 Å². The molecule has 1 N–H and O–H groups in total. The van der Waals surface area contributed by atoms with Crippen molar-refractivity contribution in [2.24, 2.45) is 11.8 Å². The number of nitrogens with one attached hydrogen (secondary N) is 1. The maximum Gasteiger partial charge on any atom is 0.257 e. The number of halogens is 6.